The van der Waals surface area contributed by atoms with Gasteiger partial charge in [-0.15, -0.1) is 0 Å². The van der Waals surface area contributed by atoms with Crippen LogP contribution in [0.3, 0.4) is 0 Å². The van der Waals surface area contributed by atoms with Crippen molar-refractivity contribution in [3.63, 3.8) is 0 Å². The zero-order valence-electron chi connectivity index (χ0n) is 15.6. The van der Waals surface area contributed by atoms with E-state index in [1.54, 1.807) is 31.4 Å². The van der Waals surface area contributed by atoms with Gasteiger partial charge in [0.05, 0.1) is 17.9 Å². The van der Waals surface area contributed by atoms with Crippen LogP contribution in [0.1, 0.15) is 38.5 Å². The number of carbonyl (C=O) groups is 1. The fourth-order valence-electron chi connectivity index (χ4n) is 4.02. The van der Waals surface area contributed by atoms with Gasteiger partial charge in [-0.2, -0.15) is 4.31 Å². The number of carbonyl (C=O) groups excluding carboxylic acids is 1. The maximum absolute atomic E-state index is 12.9. The Labute approximate surface area is 156 Å². The highest BCUT2D eigenvalue weighted by Gasteiger charge is 2.36. The fourth-order valence-corrected chi connectivity index (χ4v) is 5.54. The van der Waals surface area contributed by atoms with Crippen LogP contribution in [0.25, 0.3) is 0 Å². The first-order chi connectivity index (χ1) is 12.4. The SMILES string of the molecule is COc1ccc(S(=O)(=O)N2CCC[C@H](C(=O)N(C)C3CCCC3)C2)cc1. The van der Waals surface area contributed by atoms with Crippen molar-refractivity contribution in [2.24, 2.45) is 5.92 Å². The number of sulfonamides is 1. The molecular formula is C19H28N2O4S. The lowest BCUT2D eigenvalue weighted by atomic mass is 9.97. The van der Waals surface area contributed by atoms with E-state index < -0.39 is 10.0 Å². The summed E-state index contributed by atoms with van der Waals surface area (Å²) in [6.07, 6.45) is 5.93. The van der Waals surface area contributed by atoms with Crippen LogP contribution in [-0.2, 0) is 14.8 Å². The molecule has 1 aliphatic heterocycles. The third-order valence-corrected chi connectivity index (χ3v) is 7.53. The molecule has 0 spiro atoms. The standard InChI is InChI=1S/C19H28N2O4S/c1-20(16-7-3-4-8-16)19(22)15-6-5-13-21(14-15)26(23,24)18-11-9-17(25-2)10-12-18/h9-12,15-16H,3-8,13-14H2,1-2H3/t15-/m0/s1. The van der Waals surface area contributed by atoms with Gasteiger partial charge < -0.3 is 9.64 Å². The first-order valence-corrected chi connectivity index (χ1v) is 10.8. The van der Waals surface area contributed by atoms with Gasteiger partial charge in [-0.1, -0.05) is 12.8 Å². The molecule has 2 aliphatic rings. The Balaban J connectivity index is 1.71. The van der Waals surface area contributed by atoms with Crippen LogP contribution in [0.2, 0.25) is 0 Å². The highest BCUT2D eigenvalue weighted by atomic mass is 32.2. The average Bonchev–Trinajstić information content (AvgIpc) is 3.21. The van der Waals surface area contributed by atoms with E-state index in [4.69, 9.17) is 4.74 Å². The van der Waals surface area contributed by atoms with Gasteiger partial charge in [0.2, 0.25) is 15.9 Å². The molecule has 1 saturated heterocycles. The van der Waals surface area contributed by atoms with E-state index in [9.17, 15) is 13.2 Å². The molecule has 1 atom stereocenters. The molecule has 3 rings (SSSR count). The minimum absolute atomic E-state index is 0.0894. The Morgan fingerprint density at radius 3 is 2.38 bits per heavy atom. The second-order valence-electron chi connectivity index (χ2n) is 7.27. The van der Waals surface area contributed by atoms with Crippen LogP contribution < -0.4 is 4.74 Å². The first kappa shape index (κ1) is 19.2. The molecule has 0 radical (unpaired) electrons. The van der Waals surface area contributed by atoms with Gasteiger partial charge in [-0.05, 0) is 49.9 Å². The lowest BCUT2D eigenvalue weighted by Gasteiger charge is -2.35. The molecule has 1 aromatic carbocycles. The summed E-state index contributed by atoms with van der Waals surface area (Å²) in [5.41, 5.74) is 0. The number of hydrogen-bond donors (Lipinski definition) is 0. The Bertz CT molecular complexity index is 726. The summed E-state index contributed by atoms with van der Waals surface area (Å²) in [6.45, 7) is 0.732. The van der Waals surface area contributed by atoms with Crippen LogP contribution in [0, 0.1) is 5.92 Å². The van der Waals surface area contributed by atoms with Gasteiger partial charge in [0.25, 0.3) is 0 Å². The van der Waals surface area contributed by atoms with Crippen LogP contribution >= 0.6 is 0 Å². The van der Waals surface area contributed by atoms with Crippen molar-refractivity contribution in [3.8, 4) is 5.75 Å². The van der Waals surface area contributed by atoms with Gasteiger partial charge >= 0.3 is 0 Å². The normalized spacial score (nSPS) is 22.3. The number of rotatable bonds is 5. The zero-order chi connectivity index (χ0) is 18.7. The lowest BCUT2D eigenvalue weighted by molar-refractivity contribution is -0.137. The van der Waals surface area contributed by atoms with Gasteiger partial charge in [0.15, 0.2) is 0 Å². The fraction of sp³-hybridized carbons (Fsp3) is 0.632. The molecule has 6 nitrogen and oxygen atoms in total. The van der Waals surface area contributed by atoms with Crippen molar-refractivity contribution in [2.45, 2.75) is 49.5 Å². The van der Waals surface area contributed by atoms with E-state index in [-0.39, 0.29) is 23.3 Å². The second kappa shape index (κ2) is 7.96. The highest BCUT2D eigenvalue weighted by molar-refractivity contribution is 7.89. The number of hydrogen-bond acceptors (Lipinski definition) is 4. The summed E-state index contributed by atoms with van der Waals surface area (Å²) in [6, 6.07) is 6.73. The molecule has 0 N–H and O–H groups in total. The molecule has 2 fully saturated rings. The van der Waals surface area contributed by atoms with E-state index in [1.807, 2.05) is 11.9 Å². The zero-order valence-corrected chi connectivity index (χ0v) is 16.4. The minimum atomic E-state index is -3.59. The summed E-state index contributed by atoms with van der Waals surface area (Å²) in [7, 11) is -0.174. The van der Waals surface area contributed by atoms with Crippen molar-refractivity contribution >= 4 is 15.9 Å². The number of nitrogens with zero attached hydrogens (tertiary/aromatic N) is 2. The summed E-state index contributed by atoms with van der Waals surface area (Å²) < 4.78 is 32.4. The molecule has 1 saturated carbocycles. The van der Waals surface area contributed by atoms with Crippen LogP contribution in [0.5, 0.6) is 5.75 Å². The predicted octanol–water partition coefficient (Wildman–Crippen LogP) is 2.50. The van der Waals surface area contributed by atoms with E-state index in [2.05, 4.69) is 0 Å². The Morgan fingerprint density at radius 2 is 1.77 bits per heavy atom. The van der Waals surface area contributed by atoms with E-state index in [0.717, 1.165) is 19.3 Å². The lowest BCUT2D eigenvalue weighted by Crippen LogP contribution is -2.47. The molecule has 144 valence electrons. The van der Waals surface area contributed by atoms with Crippen LogP contribution in [-0.4, -0.2) is 56.8 Å². The Hall–Kier alpha value is -1.60. The van der Waals surface area contributed by atoms with Gasteiger partial charge in [0, 0.05) is 26.2 Å². The third kappa shape index (κ3) is 3.88. The predicted molar refractivity (Wildman–Crippen MR) is 99.5 cm³/mol. The smallest absolute Gasteiger partial charge is 0.243 e. The van der Waals surface area contributed by atoms with E-state index >= 15 is 0 Å². The largest absolute Gasteiger partial charge is 0.497 e. The summed E-state index contributed by atoms with van der Waals surface area (Å²) in [4.78, 5) is 15.0. The number of amides is 1. The molecule has 1 aliphatic carbocycles. The second-order valence-corrected chi connectivity index (χ2v) is 9.20. The number of ether oxygens (including phenoxy) is 1. The highest BCUT2D eigenvalue weighted by Crippen LogP contribution is 2.28. The molecule has 26 heavy (non-hydrogen) atoms. The molecule has 0 aromatic heterocycles. The molecule has 1 heterocycles. The average molecular weight is 381 g/mol. The van der Waals surface area contributed by atoms with E-state index in [1.165, 1.54) is 17.1 Å². The summed E-state index contributed by atoms with van der Waals surface area (Å²) >= 11 is 0. The van der Waals surface area contributed by atoms with E-state index in [0.29, 0.717) is 24.8 Å². The maximum Gasteiger partial charge on any atom is 0.243 e. The topological polar surface area (TPSA) is 66.9 Å². The number of benzene rings is 1. The van der Waals surface area contributed by atoms with Crippen molar-refractivity contribution in [3.05, 3.63) is 24.3 Å². The van der Waals surface area contributed by atoms with Crippen molar-refractivity contribution in [2.75, 3.05) is 27.2 Å². The Kier molecular flexibility index (Phi) is 5.87. The molecule has 1 aromatic rings. The molecule has 7 heteroatoms. The van der Waals surface area contributed by atoms with Crippen molar-refractivity contribution < 1.29 is 17.9 Å². The van der Waals surface area contributed by atoms with Crippen LogP contribution in [0.4, 0.5) is 0 Å². The maximum atomic E-state index is 12.9. The summed E-state index contributed by atoms with van der Waals surface area (Å²) in [5.74, 6) is 0.461. The Morgan fingerprint density at radius 1 is 1.12 bits per heavy atom. The first-order valence-electron chi connectivity index (χ1n) is 9.34. The molecule has 1 amide bonds. The van der Waals surface area contributed by atoms with Crippen molar-refractivity contribution in [1.82, 2.24) is 9.21 Å². The quantitative estimate of drug-likeness (QED) is 0.787. The van der Waals surface area contributed by atoms with Gasteiger partial charge in [-0.3, -0.25) is 4.79 Å². The van der Waals surface area contributed by atoms with Gasteiger partial charge in [-0.25, -0.2) is 8.42 Å². The monoisotopic (exact) mass is 380 g/mol. The summed E-state index contributed by atoms with van der Waals surface area (Å²) in [5, 5.41) is 0. The van der Waals surface area contributed by atoms with Gasteiger partial charge in [0.1, 0.15) is 5.75 Å². The molecule has 0 bridgehead atoms. The minimum Gasteiger partial charge on any atom is -0.497 e. The number of piperidine rings is 1. The third-order valence-electron chi connectivity index (χ3n) is 5.65. The molecular weight excluding hydrogens is 352 g/mol. The molecule has 0 unspecified atom stereocenters. The number of methoxy groups -OCH3 is 1. The van der Waals surface area contributed by atoms with Crippen molar-refractivity contribution in [1.29, 1.82) is 0 Å². The van der Waals surface area contributed by atoms with Crippen LogP contribution in [0.15, 0.2) is 29.2 Å².